The summed E-state index contributed by atoms with van der Waals surface area (Å²) >= 11 is 0. The molecule has 2 heterocycles. The Morgan fingerprint density at radius 3 is 2.47 bits per heavy atom. The van der Waals surface area contributed by atoms with E-state index in [0.29, 0.717) is 16.8 Å². The third-order valence-corrected chi connectivity index (χ3v) is 4.93. The SMILES string of the molecule is COc1ccc(-n2nc3cc(C)c(NC(=O)c4cc5ccccc5o4)cc3n2)cc1. The Balaban J connectivity index is 1.45. The number of aromatic nitrogens is 3. The van der Waals surface area contributed by atoms with E-state index in [1.54, 1.807) is 18.0 Å². The van der Waals surface area contributed by atoms with E-state index >= 15 is 0 Å². The number of fused-ring (bicyclic) bond motifs is 2. The van der Waals surface area contributed by atoms with E-state index in [1.807, 2.05) is 67.6 Å². The number of hydrogen-bond donors (Lipinski definition) is 1. The van der Waals surface area contributed by atoms with Crippen molar-refractivity contribution in [3.05, 3.63) is 78.1 Å². The molecule has 0 radical (unpaired) electrons. The first-order valence-corrected chi connectivity index (χ1v) is 9.43. The minimum atomic E-state index is -0.309. The van der Waals surface area contributed by atoms with E-state index in [9.17, 15) is 4.79 Å². The number of hydrogen-bond acceptors (Lipinski definition) is 5. The Morgan fingerprint density at radius 2 is 1.73 bits per heavy atom. The highest BCUT2D eigenvalue weighted by atomic mass is 16.5. The van der Waals surface area contributed by atoms with Gasteiger partial charge in [-0.2, -0.15) is 4.80 Å². The zero-order valence-electron chi connectivity index (χ0n) is 16.4. The second-order valence-corrected chi connectivity index (χ2v) is 6.95. The molecule has 0 aliphatic rings. The molecule has 0 saturated carbocycles. The van der Waals surface area contributed by atoms with E-state index in [-0.39, 0.29) is 11.7 Å². The van der Waals surface area contributed by atoms with Gasteiger partial charge in [-0.05, 0) is 61.0 Å². The molecular weight excluding hydrogens is 380 g/mol. The Labute approximate surface area is 171 Å². The van der Waals surface area contributed by atoms with Gasteiger partial charge in [0.15, 0.2) is 5.76 Å². The predicted octanol–water partition coefficient (Wildman–Crippen LogP) is 4.74. The highest BCUT2D eigenvalue weighted by Gasteiger charge is 2.15. The van der Waals surface area contributed by atoms with Crippen molar-refractivity contribution in [3.8, 4) is 11.4 Å². The summed E-state index contributed by atoms with van der Waals surface area (Å²) in [6.45, 7) is 1.92. The van der Waals surface area contributed by atoms with Crippen LogP contribution < -0.4 is 10.1 Å². The molecule has 5 aromatic rings. The van der Waals surface area contributed by atoms with Gasteiger partial charge in [0, 0.05) is 11.1 Å². The van der Waals surface area contributed by atoms with E-state index < -0.39 is 0 Å². The molecule has 5 rings (SSSR count). The lowest BCUT2D eigenvalue weighted by Crippen LogP contribution is -2.11. The van der Waals surface area contributed by atoms with Crippen LogP contribution in [0.15, 0.2) is 71.1 Å². The van der Waals surface area contributed by atoms with Gasteiger partial charge in [0.1, 0.15) is 22.4 Å². The fourth-order valence-corrected chi connectivity index (χ4v) is 3.31. The smallest absolute Gasteiger partial charge is 0.291 e. The maximum absolute atomic E-state index is 12.7. The summed E-state index contributed by atoms with van der Waals surface area (Å²) in [6.07, 6.45) is 0. The molecule has 0 unspecified atom stereocenters. The van der Waals surface area contributed by atoms with Crippen LogP contribution in [0.2, 0.25) is 0 Å². The molecule has 148 valence electrons. The summed E-state index contributed by atoms with van der Waals surface area (Å²) in [5.41, 5.74) is 4.46. The van der Waals surface area contributed by atoms with E-state index in [2.05, 4.69) is 15.5 Å². The molecule has 0 bridgehead atoms. The summed E-state index contributed by atoms with van der Waals surface area (Å²) in [5.74, 6) is 0.718. The quantitative estimate of drug-likeness (QED) is 0.473. The van der Waals surface area contributed by atoms with Crippen molar-refractivity contribution in [1.29, 1.82) is 0 Å². The summed E-state index contributed by atoms with van der Waals surface area (Å²) in [7, 11) is 1.62. The standard InChI is InChI=1S/C23H18N4O3/c1-14-11-19-20(26-27(25-19)16-7-9-17(29-2)10-8-16)13-18(14)24-23(28)22-12-15-5-3-4-6-21(15)30-22/h3-13H,1-2H3,(H,24,28). The van der Waals surface area contributed by atoms with Crippen LogP contribution in [0.5, 0.6) is 5.75 Å². The fraction of sp³-hybridized carbons (Fsp3) is 0.0870. The molecule has 7 nitrogen and oxygen atoms in total. The second-order valence-electron chi connectivity index (χ2n) is 6.95. The Kier molecular flexibility index (Phi) is 4.21. The van der Waals surface area contributed by atoms with E-state index in [0.717, 1.165) is 27.9 Å². The van der Waals surface area contributed by atoms with Gasteiger partial charge in [-0.25, -0.2) is 0 Å². The van der Waals surface area contributed by atoms with Gasteiger partial charge in [0.05, 0.1) is 12.8 Å². The number of benzene rings is 3. The molecule has 2 aromatic heterocycles. The van der Waals surface area contributed by atoms with Crippen LogP contribution in [0.25, 0.3) is 27.7 Å². The fourth-order valence-electron chi connectivity index (χ4n) is 3.31. The Morgan fingerprint density at radius 1 is 1.00 bits per heavy atom. The number of nitrogens with one attached hydrogen (secondary N) is 1. The van der Waals surface area contributed by atoms with Gasteiger partial charge in [-0.15, -0.1) is 10.2 Å². The van der Waals surface area contributed by atoms with Gasteiger partial charge in [-0.3, -0.25) is 4.79 Å². The van der Waals surface area contributed by atoms with Crippen LogP contribution in [0.3, 0.4) is 0 Å². The van der Waals surface area contributed by atoms with Crippen LogP contribution in [0, 0.1) is 6.92 Å². The predicted molar refractivity (Wildman–Crippen MR) is 114 cm³/mol. The van der Waals surface area contributed by atoms with Crippen molar-refractivity contribution in [2.45, 2.75) is 6.92 Å². The first kappa shape index (κ1) is 17.9. The van der Waals surface area contributed by atoms with Gasteiger partial charge in [0.2, 0.25) is 0 Å². The number of para-hydroxylation sites is 1. The highest BCUT2D eigenvalue weighted by molar-refractivity contribution is 6.05. The summed E-state index contributed by atoms with van der Waals surface area (Å²) < 4.78 is 10.8. The van der Waals surface area contributed by atoms with Crippen LogP contribution in [0.1, 0.15) is 16.1 Å². The number of amides is 1. The van der Waals surface area contributed by atoms with Crippen LogP contribution in [-0.2, 0) is 0 Å². The molecule has 1 amide bonds. The molecular formula is C23H18N4O3. The van der Waals surface area contributed by atoms with Crippen LogP contribution in [-0.4, -0.2) is 28.0 Å². The summed E-state index contributed by atoms with van der Waals surface area (Å²) in [5, 5.41) is 12.9. The first-order chi connectivity index (χ1) is 14.6. The number of aryl methyl sites for hydroxylation is 1. The third-order valence-electron chi connectivity index (χ3n) is 4.93. The Hall–Kier alpha value is -4.13. The molecule has 0 atom stereocenters. The van der Waals surface area contributed by atoms with E-state index in [4.69, 9.17) is 9.15 Å². The lowest BCUT2D eigenvalue weighted by molar-refractivity contribution is 0.0998. The average molecular weight is 398 g/mol. The molecule has 0 spiro atoms. The zero-order valence-corrected chi connectivity index (χ0v) is 16.4. The number of nitrogens with zero attached hydrogens (tertiary/aromatic N) is 3. The molecule has 30 heavy (non-hydrogen) atoms. The maximum Gasteiger partial charge on any atom is 0.291 e. The van der Waals surface area contributed by atoms with Gasteiger partial charge in [0.25, 0.3) is 5.91 Å². The number of rotatable bonds is 4. The van der Waals surface area contributed by atoms with Crippen molar-refractivity contribution in [2.24, 2.45) is 0 Å². The molecule has 0 fully saturated rings. The Bertz CT molecular complexity index is 1350. The normalized spacial score (nSPS) is 11.1. The zero-order chi connectivity index (χ0) is 20.7. The molecule has 3 aromatic carbocycles. The van der Waals surface area contributed by atoms with Crippen molar-refractivity contribution >= 4 is 33.6 Å². The second kappa shape index (κ2) is 7.04. The number of methoxy groups -OCH3 is 1. The number of carbonyl (C=O) groups is 1. The number of furan rings is 1. The number of carbonyl (C=O) groups excluding carboxylic acids is 1. The molecule has 0 aliphatic carbocycles. The van der Waals surface area contributed by atoms with Gasteiger partial charge in [-0.1, -0.05) is 18.2 Å². The van der Waals surface area contributed by atoms with Crippen LogP contribution in [0.4, 0.5) is 5.69 Å². The largest absolute Gasteiger partial charge is 0.497 e. The van der Waals surface area contributed by atoms with Crippen LogP contribution >= 0.6 is 0 Å². The van der Waals surface area contributed by atoms with Crippen molar-refractivity contribution in [2.75, 3.05) is 12.4 Å². The molecule has 0 saturated heterocycles. The van der Waals surface area contributed by atoms with Gasteiger partial charge < -0.3 is 14.5 Å². The first-order valence-electron chi connectivity index (χ1n) is 9.43. The van der Waals surface area contributed by atoms with Crippen molar-refractivity contribution in [1.82, 2.24) is 15.0 Å². The minimum absolute atomic E-state index is 0.262. The number of ether oxygens (including phenoxy) is 1. The average Bonchev–Trinajstić information content (AvgIpc) is 3.38. The van der Waals surface area contributed by atoms with Crippen molar-refractivity contribution < 1.29 is 13.9 Å². The molecule has 0 aliphatic heterocycles. The van der Waals surface area contributed by atoms with Crippen molar-refractivity contribution in [3.63, 3.8) is 0 Å². The van der Waals surface area contributed by atoms with Gasteiger partial charge >= 0.3 is 0 Å². The highest BCUT2D eigenvalue weighted by Crippen LogP contribution is 2.25. The minimum Gasteiger partial charge on any atom is -0.497 e. The monoisotopic (exact) mass is 398 g/mol. The summed E-state index contributed by atoms with van der Waals surface area (Å²) in [4.78, 5) is 14.3. The lowest BCUT2D eigenvalue weighted by atomic mass is 10.1. The maximum atomic E-state index is 12.7. The molecule has 7 heteroatoms. The van der Waals surface area contributed by atoms with E-state index in [1.165, 1.54) is 0 Å². The molecule has 1 N–H and O–H groups in total. The number of anilines is 1. The summed E-state index contributed by atoms with van der Waals surface area (Å²) in [6, 6.07) is 20.4. The third kappa shape index (κ3) is 3.16. The lowest BCUT2D eigenvalue weighted by Gasteiger charge is -2.06. The topological polar surface area (TPSA) is 82.2 Å².